The first kappa shape index (κ1) is 20.0. The van der Waals surface area contributed by atoms with E-state index in [4.69, 9.17) is 5.73 Å². The van der Waals surface area contributed by atoms with Crippen molar-refractivity contribution in [3.63, 3.8) is 0 Å². The molecule has 0 aliphatic heterocycles. The number of allylic oxidation sites excluding steroid dienone is 2. The van der Waals surface area contributed by atoms with Gasteiger partial charge in [-0.15, -0.1) is 0 Å². The third-order valence-corrected chi connectivity index (χ3v) is 4.62. The number of aromatic amines is 1. The van der Waals surface area contributed by atoms with Crippen molar-refractivity contribution in [1.29, 1.82) is 0 Å². The van der Waals surface area contributed by atoms with Gasteiger partial charge < -0.3 is 10.6 Å². The molecule has 0 fully saturated rings. The molecule has 0 aromatic carbocycles. The summed E-state index contributed by atoms with van der Waals surface area (Å²) in [6.07, 6.45) is 8.07. The Bertz CT molecular complexity index is 776. The van der Waals surface area contributed by atoms with E-state index >= 15 is 0 Å². The minimum absolute atomic E-state index is 0.0684. The van der Waals surface area contributed by atoms with Crippen LogP contribution in [0.2, 0.25) is 0 Å². The first-order valence-corrected chi connectivity index (χ1v) is 9.44. The molecule has 144 valence electrons. The number of carbonyl (C=O) groups is 1. The van der Waals surface area contributed by atoms with Crippen LogP contribution in [0.3, 0.4) is 0 Å². The van der Waals surface area contributed by atoms with Crippen LogP contribution in [-0.4, -0.2) is 22.0 Å². The molecule has 2 rings (SSSR count). The van der Waals surface area contributed by atoms with Gasteiger partial charge in [-0.1, -0.05) is 39.3 Å². The molecule has 7 heteroatoms. The van der Waals surface area contributed by atoms with Crippen LogP contribution in [0.15, 0.2) is 21.7 Å². The fourth-order valence-electron chi connectivity index (χ4n) is 3.26. The first-order chi connectivity index (χ1) is 12.3. The maximum atomic E-state index is 12.9. The Morgan fingerprint density at radius 2 is 2.15 bits per heavy atom. The largest absolute Gasteiger partial charge is 0.383 e. The van der Waals surface area contributed by atoms with Crippen LogP contribution in [0.4, 0.5) is 11.5 Å². The third-order valence-electron chi connectivity index (χ3n) is 4.62. The smallest absolute Gasteiger partial charge is 0.330 e. The number of H-pyrrole nitrogens is 1. The Kier molecular flexibility index (Phi) is 6.83. The number of amides is 1. The molecule has 1 aromatic heterocycles. The van der Waals surface area contributed by atoms with Gasteiger partial charge in [-0.2, -0.15) is 0 Å². The van der Waals surface area contributed by atoms with Crippen molar-refractivity contribution in [2.45, 2.75) is 59.4 Å². The highest BCUT2D eigenvalue weighted by atomic mass is 16.2. The molecule has 0 spiro atoms. The molecule has 0 saturated heterocycles. The lowest BCUT2D eigenvalue weighted by Gasteiger charge is -2.25. The second kappa shape index (κ2) is 8.87. The maximum Gasteiger partial charge on any atom is 0.330 e. The first-order valence-electron chi connectivity index (χ1n) is 9.44. The number of hydrogen-bond acceptors (Lipinski definition) is 4. The predicted molar refractivity (Wildman–Crippen MR) is 104 cm³/mol. The molecule has 26 heavy (non-hydrogen) atoms. The van der Waals surface area contributed by atoms with Crippen LogP contribution in [-0.2, 0) is 11.3 Å². The molecule has 1 amide bonds. The van der Waals surface area contributed by atoms with E-state index in [1.54, 1.807) is 0 Å². The summed E-state index contributed by atoms with van der Waals surface area (Å²) in [5.41, 5.74) is 5.16. The van der Waals surface area contributed by atoms with Gasteiger partial charge in [0.15, 0.2) is 5.69 Å². The second-order valence-corrected chi connectivity index (χ2v) is 7.37. The van der Waals surface area contributed by atoms with E-state index in [1.807, 2.05) is 20.8 Å². The summed E-state index contributed by atoms with van der Waals surface area (Å²) in [5, 5.41) is 0. The van der Waals surface area contributed by atoms with Crippen LogP contribution in [0.25, 0.3) is 0 Å². The van der Waals surface area contributed by atoms with Gasteiger partial charge in [0.2, 0.25) is 5.91 Å². The van der Waals surface area contributed by atoms with Crippen LogP contribution >= 0.6 is 0 Å². The molecule has 1 unspecified atom stereocenters. The molecule has 1 aliphatic rings. The Labute approximate surface area is 153 Å². The van der Waals surface area contributed by atoms with Gasteiger partial charge in [0.05, 0.1) is 0 Å². The summed E-state index contributed by atoms with van der Waals surface area (Å²) in [7, 11) is 0. The third kappa shape index (κ3) is 4.65. The molecule has 7 nitrogen and oxygen atoms in total. The van der Waals surface area contributed by atoms with Gasteiger partial charge in [0, 0.05) is 19.5 Å². The summed E-state index contributed by atoms with van der Waals surface area (Å²) >= 11 is 0. The molecular weight excluding hydrogens is 332 g/mol. The van der Waals surface area contributed by atoms with Crippen molar-refractivity contribution >= 4 is 17.4 Å². The molecule has 1 heterocycles. The summed E-state index contributed by atoms with van der Waals surface area (Å²) in [4.78, 5) is 41.4. The summed E-state index contributed by atoms with van der Waals surface area (Å²) in [5.74, 6) is 0.325. The number of aromatic nitrogens is 2. The van der Waals surface area contributed by atoms with E-state index in [0.717, 1.165) is 25.7 Å². The Hall–Kier alpha value is -2.31. The number of nitrogens with two attached hydrogens (primary N) is 1. The molecule has 3 N–H and O–H groups in total. The van der Waals surface area contributed by atoms with Crippen LogP contribution < -0.4 is 21.9 Å². The number of carbonyl (C=O) groups excluding carboxylic acids is 1. The highest BCUT2D eigenvalue weighted by Gasteiger charge is 2.26. The predicted octanol–water partition coefficient (Wildman–Crippen LogP) is 2.26. The van der Waals surface area contributed by atoms with E-state index in [-0.39, 0.29) is 29.2 Å². The Morgan fingerprint density at radius 1 is 1.42 bits per heavy atom. The highest BCUT2D eigenvalue weighted by Crippen LogP contribution is 2.24. The van der Waals surface area contributed by atoms with Gasteiger partial charge in [-0.3, -0.25) is 19.1 Å². The average Bonchev–Trinajstić information content (AvgIpc) is 3.07. The van der Waals surface area contributed by atoms with Crippen LogP contribution in [0.5, 0.6) is 0 Å². The average molecular weight is 362 g/mol. The molecule has 1 aliphatic carbocycles. The molecule has 1 atom stereocenters. The number of nitrogens with zero attached hydrogens (tertiary/aromatic N) is 2. The zero-order chi connectivity index (χ0) is 19.3. The van der Waals surface area contributed by atoms with Gasteiger partial charge in [0.1, 0.15) is 5.82 Å². The lowest BCUT2D eigenvalue weighted by Crippen LogP contribution is -2.42. The van der Waals surface area contributed by atoms with Crippen molar-refractivity contribution in [3.05, 3.63) is 33.0 Å². The topological polar surface area (TPSA) is 101 Å². The quantitative estimate of drug-likeness (QED) is 0.693. The summed E-state index contributed by atoms with van der Waals surface area (Å²) in [6, 6.07) is 0. The van der Waals surface area contributed by atoms with Crippen molar-refractivity contribution in [1.82, 2.24) is 9.55 Å². The van der Waals surface area contributed by atoms with E-state index in [9.17, 15) is 14.4 Å². The number of nitrogen functional groups attached to an aromatic ring is 1. The summed E-state index contributed by atoms with van der Waals surface area (Å²) in [6.45, 7) is 6.75. The van der Waals surface area contributed by atoms with Gasteiger partial charge >= 0.3 is 5.69 Å². The van der Waals surface area contributed by atoms with Crippen LogP contribution in [0, 0.1) is 11.8 Å². The minimum atomic E-state index is -0.598. The van der Waals surface area contributed by atoms with Gasteiger partial charge in [-0.05, 0) is 31.1 Å². The minimum Gasteiger partial charge on any atom is -0.383 e. The van der Waals surface area contributed by atoms with Crippen molar-refractivity contribution in [3.8, 4) is 0 Å². The van der Waals surface area contributed by atoms with Gasteiger partial charge in [-0.25, -0.2) is 4.79 Å². The fraction of sp³-hybridized carbons (Fsp3) is 0.632. The zero-order valence-corrected chi connectivity index (χ0v) is 16.0. The van der Waals surface area contributed by atoms with E-state index in [0.29, 0.717) is 19.5 Å². The number of anilines is 2. The van der Waals surface area contributed by atoms with Crippen molar-refractivity contribution in [2.75, 3.05) is 17.2 Å². The lowest BCUT2D eigenvalue weighted by atomic mass is 10.0. The van der Waals surface area contributed by atoms with Crippen molar-refractivity contribution in [2.24, 2.45) is 11.8 Å². The SMILES string of the molecule is CCCCN(C(=O)CC1C=CCC1)c1c(N)n(CC(C)C)c(=O)[nH]c1=O. The number of rotatable bonds is 8. The number of nitrogens with one attached hydrogen (secondary N) is 1. The van der Waals surface area contributed by atoms with E-state index in [2.05, 4.69) is 17.1 Å². The Balaban J connectivity index is 2.42. The second-order valence-electron chi connectivity index (χ2n) is 7.37. The van der Waals surface area contributed by atoms with Crippen LogP contribution in [0.1, 0.15) is 52.9 Å². The highest BCUT2D eigenvalue weighted by molar-refractivity contribution is 5.95. The normalized spacial score (nSPS) is 16.4. The van der Waals surface area contributed by atoms with Gasteiger partial charge in [0.25, 0.3) is 5.56 Å². The molecule has 0 bridgehead atoms. The standard InChI is InChI=1S/C19H30N4O3/c1-4-5-10-22(15(24)11-14-8-6-7-9-14)16-17(20)23(12-13(2)3)19(26)21-18(16)25/h6,8,13-14H,4-5,7,9-12,20H2,1-3H3,(H,21,25,26). The van der Waals surface area contributed by atoms with E-state index in [1.165, 1.54) is 9.47 Å². The monoisotopic (exact) mass is 362 g/mol. The fourth-order valence-corrected chi connectivity index (χ4v) is 3.26. The molecular formula is C19H30N4O3. The lowest BCUT2D eigenvalue weighted by molar-refractivity contribution is -0.119. The maximum absolute atomic E-state index is 12.9. The number of unbranched alkanes of at least 4 members (excludes halogenated alkanes) is 1. The zero-order valence-electron chi connectivity index (χ0n) is 16.0. The number of hydrogen-bond donors (Lipinski definition) is 2. The molecule has 1 aromatic rings. The molecule has 0 radical (unpaired) electrons. The summed E-state index contributed by atoms with van der Waals surface area (Å²) < 4.78 is 1.35. The Morgan fingerprint density at radius 3 is 2.73 bits per heavy atom. The molecule has 0 saturated carbocycles. The van der Waals surface area contributed by atoms with Crippen molar-refractivity contribution < 1.29 is 4.79 Å². The van der Waals surface area contributed by atoms with E-state index < -0.39 is 11.2 Å².